The molecule has 0 amide bonds. The Labute approximate surface area is 106 Å². The van der Waals surface area contributed by atoms with Crippen LogP contribution in [0.1, 0.15) is 23.2 Å². The minimum absolute atomic E-state index is 0.189. The lowest BCUT2D eigenvalue weighted by molar-refractivity contribution is -0.128. The highest BCUT2D eigenvalue weighted by Crippen LogP contribution is 2.35. The van der Waals surface area contributed by atoms with Gasteiger partial charge in [-0.05, 0) is 11.6 Å². The van der Waals surface area contributed by atoms with Gasteiger partial charge >= 0.3 is 6.18 Å². The molecule has 1 aliphatic heterocycles. The number of halogens is 3. The van der Waals surface area contributed by atoms with E-state index in [4.69, 9.17) is 4.52 Å². The molecule has 0 spiro atoms. The van der Waals surface area contributed by atoms with Crippen LogP contribution in [0.25, 0.3) is 0 Å². The number of rotatable bonds is 2. The largest absolute Gasteiger partial charge is 0.396 e. The molecule has 1 aromatic carbocycles. The topological polar surface area (TPSA) is 51.0 Å². The Hall–Kier alpha value is -2.05. The summed E-state index contributed by atoms with van der Waals surface area (Å²) in [6.07, 6.45) is -5.49. The SMILES string of the molecule is FC(F)(F)Cc1noc(C2CNc3ccccc32)n1. The highest BCUT2D eigenvalue weighted by molar-refractivity contribution is 5.59. The van der Waals surface area contributed by atoms with Crippen molar-refractivity contribution in [3.05, 3.63) is 41.5 Å². The number of nitrogens with one attached hydrogen (secondary N) is 1. The Kier molecular flexibility index (Phi) is 2.69. The number of para-hydroxylation sites is 1. The van der Waals surface area contributed by atoms with Crippen molar-refractivity contribution in [3.63, 3.8) is 0 Å². The molecule has 2 aromatic rings. The number of fused-ring (bicyclic) bond motifs is 1. The normalized spacial score (nSPS) is 18.2. The monoisotopic (exact) mass is 269 g/mol. The molecule has 0 bridgehead atoms. The van der Waals surface area contributed by atoms with Crippen molar-refractivity contribution in [2.75, 3.05) is 11.9 Å². The fraction of sp³-hybridized carbons (Fsp3) is 0.333. The second kappa shape index (κ2) is 4.25. The number of hydrogen-bond donors (Lipinski definition) is 1. The van der Waals surface area contributed by atoms with Gasteiger partial charge in [0.15, 0.2) is 5.82 Å². The predicted octanol–water partition coefficient (Wildman–Crippen LogP) is 2.73. The summed E-state index contributed by atoms with van der Waals surface area (Å²) in [4.78, 5) is 3.84. The van der Waals surface area contributed by atoms with E-state index in [1.54, 1.807) is 0 Å². The lowest BCUT2D eigenvalue weighted by atomic mass is 10.0. The van der Waals surface area contributed by atoms with Gasteiger partial charge in [-0.15, -0.1) is 0 Å². The molecule has 1 atom stereocenters. The summed E-state index contributed by atoms with van der Waals surface area (Å²) in [7, 11) is 0. The fourth-order valence-corrected chi connectivity index (χ4v) is 2.16. The van der Waals surface area contributed by atoms with Crippen molar-refractivity contribution in [3.8, 4) is 0 Å². The fourth-order valence-electron chi connectivity index (χ4n) is 2.16. The molecule has 100 valence electrons. The predicted molar refractivity (Wildman–Crippen MR) is 60.8 cm³/mol. The molecule has 4 nitrogen and oxygen atoms in total. The third kappa shape index (κ3) is 2.40. The maximum Gasteiger partial charge on any atom is 0.396 e. The molecule has 2 heterocycles. The third-order valence-electron chi connectivity index (χ3n) is 2.97. The molecule has 0 saturated carbocycles. The van der Waals surface area contributed by atoms with Crippen LogP contribution in [0.4, 0.5) is 18.9 Å². The molecule has 1 aliphatic rings. The third-order valence-corrected chi connectivity index (χ3v) is 2.97. The van der Waals surface area contributed by atoms with E-state index >= 15 is 0 Å². The van der Waals surface area contributed by atoms with Gasteiger partial charge in [-0.3, -0.25) is 0 Å². The van der Waals surface area contributed by atoms with Crippen molar-refractivity contribution in [2.24, 2.45) is 0 Å². The molecule has 0 radical (unpaired) electrons. The summed E-state index contributed by atoms with van der Waals surface area (Å²) < 4.78 is 41.6. The van der Waals surface area contributed by atoms with Gasteiger partial charge in [-0.1, -0.05) is 23.4 Å². The maximum atomic E-state index is 12.2. The van der Waals surface area contributed by atoms with E-state index in [-0.39, 0.29) is 17.6 Å². The second-order valence-corrected chi connectivity index (χ2v) is 4.36. The van der Waals surface area contributed by atoms with Gasteiger partial charge in [0, 0.05) is 12.2 Å². The highest BCUT2D eigenvalue weighted by atomic mass is 19.4. The number of nitrogens with zero attached hydrogens (tertiary/aromatic N) is 2. The van der Waals surface area contributed by atoms with Gasteiger partial charge in [-0.2, -0.15) is 18.2 Å². The molecule has 1 N–H and O–H groups in total. The molecular formula is C12H10F3N3O. The van der Waals surface area contributed by atoms with Crippen LogP contribution in [0, 0.1) is 0 Å². The van der Waals surface area contributed by atoms with E-state index < -0.39 is 12.6 Å². The molecule has 1 unspecified atom stereocenters. The maximum absolute atomic E-state index is 12.2. The Morgan fingerprint density at radius 2 is 2.11 bits per heavy atom. The summed E-state index contributed by atoms with van der Waals surface area (Å²) in [5.41, 5.74) is 1.91. The first-order chi connectivity index (χ1) is 9.03. The van der Waals surface area contributed by atoms with Crippen LogP contribution < -0.4 is 5.32 Å². The first-order valence-corrected chi connectivity index (χ1v) is 5.75. The molecule has 0 saturated heterocycles. The molecule has 0 aliphatic carbocycles. The summed E-state index contributed by atoms with van der Waals surface area (Å²) in [5.74, 6) is -0.297. The highest BCUT2D eigenvalue weighted by Gasteiger charge is 2.33. The van der Waals surface area contributed by atoms with Crippen molar-refractivity contribution in [2.45, 2.75) is 18.5 Å². The molecule has 7 heteroatoms. The zero-order valence-corrected chi connectivity index (χ0v) is 9.74. The standard InChI is InChI=1S/C12H10F3N3O/c13-12(14,15)5-10-17-11(19-18-10)8-6-16-9-4-2-1-3-7(8)9/h1-4,8,16H,5-6H2. The van der Waals surface area contributed by atoms with Crippen LogP contribution in [0.2, 0.25) is 0 Å². The summed E-state index contributed by atoms with van der Waals surface area (Å²) in [5, 5.41) is 6.54. The molecule has 3 rings (SSSR count). The average molecular weight is 269 g/mol. The van der Waals surface area contributed by atoms with Gasteiger partial charge in [0.25, 0.3) is 0 Å². The van der Waals surface area contributed by atoms with Crippen LogP contribution in [0.5, 0.6) is 0 Å². The van der Waals surface area contributed by atoms with Gasteiger partial charge < -0.3 is 9.84 Å². The Morgan fingerprint density at radius 1 is 1.32 bits per heavy atom. The number of anilines is 1. The molecular weight excluding hydrogens is 259 g/mol. The van der Waals surface area contributed by atoms with Crippen molar-refractivity contribution in [1.29, 1.82) is 0 Å². The molecule has 19 heavy (non-hydrogen) atoms. The smallest absolute Gasteiger partial charge is 0.384 e. The van der Waals surface area contributed by atoms with E-state index in [9.17, 15) is 13.2 Å². The minimum atomic E-state index is -4.33. The zero-order chi connectivity index (χ0) is 13.5. The zero-order valence-electron chi connectivity index (χ0n) is 9.74. The van der Waals surface area contributed by atoms with Crippen LogP contribution in [0.3, 0.4) is 0 Å². The van der Waals surface area contributed by atoms with Crippen molar-refractivity contribution in [1.82, 2.24) is 10.1 Å². The second-order valence-electron chi connectivity index (χ2n) is 4.36. The first kappa shape index (κ1) is 12.0. The minimum Gasteiger partial charge on any atom is -0.384 e. The van der Waals surface area contributed by atoms with Gasteiger partial charge in [0.2, 0.25) is 5.89 Å². The summed E-state index contributed by atoms with van der Waals surface area (Å²) in [6, 6.07) is 7.55. The van der Waals surface area contributed by atoms with Crippen molar-refractivity contribution < 1.29 is 17.7 Å². The first-order valence-electron chi connectivity index (χ1n) is 5.75. The Balaban J connectivity index is 1.85. The van der Waals surface area contributed by atoms with E-state index in [1.807, 2.05) is 24.3 Å². The molecule has 1 aromatic heterocycles. The summed E-state index contributed by atoms with van der Waals surface area (Å²) in [6.45, 7) is 0.549. The van der Waals surface area contributed by atoms with Crippen LogP contribution >= 0.6 is 0 Å². The Morgan fingerprint density at radius 3 is 2.89 bits per heavy atom. The van der Waals surface area contributed by atoms with Crippen LogP contribution in [-0.4, -0.2) is 22.9 Å². The molecule has 0 fully saturated rings. The van der Waals surface area contributed by atoms with E-state index in [1.165, 1.54) is 0 Å². The van der Waals surface area contributed by atoms with E-state index in [2.05, 4.69) is 15.5 Å². The quantitative estimate of drug-likeness (QED) is 0.910. The lowest BCUT2D eigenvalue weighted by Gasteiger charge is -2.03. The number of benzene rings is 1. The van der Waals surface area contributed by atoms with Gasteiger partial charge in [0.1, 0.15) is 6.42 Å². The average Bonchev–Trinajstić information content (AvgIpc) is 2.92. The lowest BCUT2D eigenvalue weighted by Crippen LogP contribution is -2.13. The van der Waals surface area contributed by atoms with Crippen LogP contribution in [-0.2, 0) is 6.42 Å². The number of aromatic nitrogens is 2. The van der Waals surface area contributed by atoms with E-state index in [0.29, 0.717) is 6.54 Å². The van der Waals surface area contributed by atoms with Crippen molar-refractivity contribution >= 4 is 5.69 Å². The Bertz CT molecular complexity index is 594. The number of alkyl halides is 3. The van der Waals surface area contributed by atoms with Gasteiger partial charge in [-0.25, -0.2) is 0 Å². The number of hydrogen-bond acceptors (Lipinski definition) is 4. The van der Waals surface area contributed by atoms with Gasteiger partial charge in [0.05, 0.1) is 5.92 Å². The van der Waals surface area contributed by atoms with E-state index in [0.717, 1.165) is 11.3 Å². The van der Waals surface area contributed by atoms with Crippen LogP contribution in [0.15, 0.2) is 28.8 Å². The summed E-state index contributed by atoms with van der Waals surface area (Å²) >= 11 is 0.